The van der Waals surface area contributed by atoms with Crippen LogP contribution in [0.5, 0.6) is 5.75 Å². The lowest BCUT2D eigenvalue weighted by molar-refractivity contribution is -0.137. The minimum absolute atomic E-state index is 0.0317. The van der Waals surface area contributed by atoms with Crippen molar-refractivity contribution < 1.29 is 18.3 Å². The largest absolute Gasteiger partial charge is 0.507 e. The summed E-state index contributed by atoms with van der Waals surface area (Å²) in [6.07, 6.45) is -3.24. The Kier molecular flexibility index (Phi) is 3.55. The van der Waals surface area contributed by atoms with Gasteiger partial charge in [0.25, 0.3) is 0 Å². The van der Waals surface area contributed by atoms with E-state index in [9.17, 15) is 18.3 Å². The molecule has 98 valence electrons. The van der Waals surface area contributed by atoms with Crippen LogP contribution in [0.25, 0.3) is 0 Å². The molecular formula is C14H10F3NO. The van der Waals surface area contributed by atoms with Gasteiger partial charge in [-0.1, -0.05) is 24.3 Å². The van der Waals surface area contributed by atoms with Crippen molar-refractivity contribution in [1.29, 1.82) is 0 Å². The number of benzene rings is 2. The number of hydrogen-bond donors (Lipinski definition) is 1. The SMILES string of the molecule is Oc1ccccc1C=Nc1ccccc1C(F)(F)F. The van der Waals surface area contributed by atoms with Gasteiger partial charge in [0.15, 0.2) is 0 Å². The van der Waals surface area contributed by atoms with Crippen LogP contribution in [0, 0.1) is 0 Å². The predicted molar refractivity (Wildman–Crippen MR) is 66.8 cm³/mol. The van der Waals surface area contributed by atoms with Crippen molar-refractivity contribution in [2.24, 2.45) is 4.99 Å². The molecule has 0 atom stereocenters. The molecule has 0 aliphatic carbocycles. The average molecular weight is 265 g/mol. The molecule has 0 radical (unpaired) electrons. The Labute approximate surface area is 107 Å². The third-order valence-corrected chi connectivity index (χ3v) is 2.49. The smallest absolute Gasteiger partial charge is 0.418 e. The molecule has 19 heavy (non-hydrogen) atoms. The molecule has 0 heterocycles. The summed E-state index contributed by atoms with van der Waals surface area (Å²) in [5, 5.41) is 9.50. The van der Waals surface area contributed by atoms with Crippen LogP contribution in [-0.2, 0) is 6.18 Å². The molecule has 2 aromatic carbocycles. The lowest BCUT2D eigenvalue weighted by atomic mass is 10.1. The molecule has 1 N–H and O–H groups in total. The molecule has 2 nitrogen and oxygen atoms in total. The topological polar surface area (TPSA) is 32.6 Å². The maximum absolute atomic E-state index is 12.7. The quantitative estimate of drug-likeness (QED) is 0.812. The zero-order valence-corrected chi connectivity index (χ0v) is 9.72. The van der Waals surface area contributed by atoms with Crippen LogP contribution in [0.15, 0.2) is 53.5 Å². The van der Waals surface area contributed by atoms with Crippen LogP contribution in [0.3, 0.4) is 0 Å². The van der Waals surface area contributed by atoms with E-state index in [-0.39, 0.29) is 11.4 Å². The molecule has 0 aliphatic rings. The normalized spacial score (nSPS) is 11.9. The summed E-state index contributed by atoms with van der Waals surface area (Å²) in [5.41, 5.74) is -0.626. The molecule has 0 aromatic heterocycles. The van der Waals surface area contributed by atoms with E-state index in [0.717, 1.165) is 6.07 Å². The number of phenolic OH excluding ortho intramolecular Hbond substituents is 1. The van der Waals surface area contributed by atoms with Gasteiger partial charge in [-0.15, -0.1) is 0 Å². The number of aliphatic imine (C=N–C) groups is 1. The highest BCUT2D eigenvalue weighted by atomic mass is 19.4. The highest BCUT2D eigenvalue weighted by molar-refractivity contribution is 5.85. The maximum Gasteiger partial charge on any atom is 0.418 e. The average Bonchev–Trinajstić information content (AvgIpc) is 2.37. The Hall–Kier alpha value is -2.30. The van der Waals surface area contributed by atoms with Crippen molar-refractivity contribution in [3.63, 3.8) is 0 Å². The van der Waals surface area contributed by atoms with Crippen LogP contribution < -0.4 is 0 Å². The minimum Gasteiger partial charge on any atom is -0.507 e. The molecule has 2 aromatic rings. The van der Waals surface area contributed by atoms with Crippen molar-refractivity contribution in [1.82, 2.24) is 0 Å². The van der Waals surface area contributed by atoms with E-state index in [0.29, 0.717) is 5.56 Å². The minimum atomic E-state index is -4.45. The van der Waals surface area contributed by atoms with Crippen LogP contribution in [0.2, 0.25) is 0 Å². The van der Waals surface area contributed by atoms with Crippen molar-refractivity contribution in [2.75, 3.05) is 0 Å². The van der Waals surface area contributed by atoms with Crippen molar-refractivity contribution in [3.05, 3.63) is 59.7 Å². The first-order valence-electron chi connectivity index (χ1n) is 5.47. The second kappa shape index (κ2) is 5.14. The highest BCUT2D eigenvalue weighted by Crippen LogP contribution is 2.36. The lowest BCUT2D eigenvalue weighted by Crippen LogP contribution is -2.04. The summed E-state index contributed by atoms with van der Waals surface area (Å²) >= 11 is 0. The standard InChI is InChI=1S/C14H10F3NO/c15-14(16,17)11-6-2-3-7-12(11)18-9-10-5-1-4-8-13(10)19/h1-9,19H. The van der Waals surface area contributed by atoms with Gasteiger partial charge in [0.2, 0.25) is 0 Å². The lowest BCUT2D eigenvalue weighted by Gasteiger charge is -2.08. The van der Waals surface area contributed by atoms with Gasteiger partial charge < -0.3 is 5.11 Å². The van der Waals surface area contributed by atoms with Crippen molar-refractivity contribution in [3.8, 4) is 5.75 Å². The predicted octanol–water partition coefficient (Wildman–Crippen LogP) is 4.16. The summed E-state index contributed by atoms with van der Waals surface area (Å²) in [7, 11) is 0. The fourth-order valence-electron chi connectivity index (χ4n) is 1.56. The van der Waals surface area contributed by atoms with Gasteiger partial charge in [-0.2, -0.15) is 13.2 Å². The highest BCUT2D eigenvalue weighted by Gasteiger charge is 2.32. The number of nitrogens with zero attached hydrogens (tertiary/aromatic N) is 1. The molecular weight excluding hydrogens is 255 g/mol. The van der Waals surface area contributed by atoms with E-state index in [1.807, 2.05) is 0 Å². The Morgan fingerprint density at radius 2 is 1.58 bits per heavy atom. The Morgan fingerprint density at radius 3 is 2.26 bits per heavy atom. The number of halogens is 3. The summed E-state index contributed by atoms with van der Waals surface area (Å²) in [6, 6.07) is 11.3. The van der Waals surface area contributed by atoms with Gasteiger partial charge in [0.05, 0.1) is 11.3 Å². The van der Waals surface area contributed by atoms with Crippen LogP contribution in [0.1, 0.15) is 11.1 Å². The Morgan fingerprint density at radius 1 is 0.947 bits per heavy atom. The molecule has 0 bridgehead atoms. The molecule has 0 amide bonds. The van der Waals surface area contributed by atoms with Crippen LogP contribution in [-0.4, -0.2) is 11.3 Å². The summed E-state index contributed by atoms with van der Waals surface area (Å²) in [4.78, 5) is 3.80. The fraction of sp³-hybridized carbons (Fsp3) is 0.0714. The van der Waals surface area contributed by atoms with E-state index >= 15 is 0 Å². The second-order valence-electron chi connectivity index (χ2n) is 3.83. The molecule has 0 unspecified atom stereocenters. The molecule has 5 heteroatoms. The Balaban J connectivity index is 2.37. The summed E-state index contributed by atoms with van der Waals surface area (Å²) in [5.74, 6) is -0.0317. The Bertz CT molecular complexity index is 606. The third-order valence-electron chi connectivity index (χ3n) is 2.49. The van der Waals surface area contributed by atoms with Crippen LogP contribution in [0.4, 0.5) is 18.9 Å². The van der Waals surface area contributed by atoms with Gasteiger partial charge in [0.1, 0.15) is 5.75 Å². The molecule has 0 spiro atoms. The fourth-order valence-corrected chi connectivity index (χ4v) is 1.56. The third kappa shape index (κ3) is 3.13. The number of para-hydroxylation sites is 2. The summed E-state index contributed by atoms with van der Waals surface area (Å²) in [6.45, 7) is 0. The molecule has 0 saturated heterocycles. The summed E-state index contributed by atoms with van der Waals surface area (Å²) < 4.78 is 38.2. The van der Waals surface area contributed by atoms with Gasteiger partial charge in [0, 0.05) is 11.8 Å². The van der Waals surface area contributed by atoms with Gasteiger partial charge in [-0.25, -0.2) is 0 Å². The van der Waals surface area contributed by atoms with Gasteiger partial charge in [-0.05, 0) is 24.3 Å². The van der Waals surface area contributed by atoms with Crippen molar-refractivity contribution in [2.45, 2.75) is 6.18 Å². The van der Waals surface area contributed by atoms with E-state index in [2.05, 4.69) is 4.99 Å². The van der Waals surface area contributed by atoms with E-state index in [4.69, 9.17) is 0 Å². The number of rotatable bonds is 2. The van der Waals surface area contributed by atoms with Crippen LogP contribution >= 0.6 is 0 Å². The first-order valence-corrected chi connectivity index (χ1v) is 5.47. The molecule has 2 rings (SSSR count). The van der Waals surface area contributed by atoms with Gasteiger partial charge in [-0.3, -0.25) is 4.99 Å². The van der Waals surface area contributed by atoms with E-state index < -0.39 is 11.7 Å². The first-order chi connectivity index (χ1) is 8.98. The van der Waals surface area contributed by atoms with E-state index in [1.165, 1.54) is 30.5 Å². The zero-order chi connectivity index (χ0) is 13.9. The van der Waals surface area contributed by atoms with E-state index in [1.54, 1.807) is 18.2 Å². The molecule has 0 saturated carbocycles. The molecule has 0 fully saturated rings. The number of phenols is 1. The maximum atomic E-state index is 12.7. The first kappa shape index (κ1) is 13.1. The van der Waals surface area contributed by atoms with Crippen molar-refractivity contribution >= 4 is 11.9 Å². The van der Waals surface area contributed by atoms with Gasteiger partial charge >= 0.3 is 6.18 Å². The number of aromatic hydroxyl groups is 1. The molecule has 0 aliphatic heterocycles. The monoisotopic (exact) mass is 265 g/mol. The number of hydrogen-bond acceptors (Lipinski definition) is 2. The zero-order valence-electron chi connectivity index (χ0n) is 9.72. The second-order valence-corrected chi connectivity index (χ2v) is 3.83. The number of alkyl halides is 3.